The Bertz CT molecular complexity index is 931. The molecule has 0 aromatic heterocycles. The highest BCUT2D eigenvalue weighted by Crippen LogP contribution is 2.34. The number of anilines is 1. The molecular weight excluding hydrogens is 434 g/mol. The fraction of sp³-hybridized carbons (Fsp3) is 0.640. The Labute approximate surface area is 201 Å². The summed E-state index contributed by atoms with van der Waals surface area (Å²) >= 11 is 0. The number of carbonyl (C=O) groups excluding carboxylic acids is 3. The van der Waals surface area contributed by atoms with Gasteiger partial charge in [-0.1, -0.05) is 25.1 Å². The number of hydroxylamine groups is 2. The Morgan fingerprint density at radius 1 is 0.941 bits per heavy atom. The minimum Gasteiger partial charge on any atom is -0.368 e. The summed E-state index contributed by atoms with van der Waals surface area (Å²) in [6.45, 7) is 13.9. The minimum absolute atomic E-state index is 0.113. The Morgan fingerprint density at radius 2 is 1.59 bits per heavy atom. The van der Waals surface area contributed by atoms with Crippen LogP contribution in [0.15, 0.2) is 18.2 Å². The molecule has 1 aromatic rings. The number of para-hydroxylation sites is 1. The molecule has 2 atom stereocenters. The van der Waals surface area contributed by atoms with E-state index in [0.29, 0.717) is 30.0 Å². The van der Waals surface area contributed by atoms with Crippen molar-refractivity contribution in [2.24, 2.45) is 11.8 Å². The van der Waals surface area contributed by atoms with Crippen LogP contribution in [0, 0.1) is 18.8 Å². The second-order valence-electron chi connectivity index (χ2n) is 10.1. The normalized spacial score (nSPS) is 26.0. The maximum absolute atomic E-state index is 12.5. The predicted molar refractivity (Wildman–Crippen MR) is 127 cm³/mol. The van der Waals surface area contributed by atoms with Gasteiger partial charge in [0.15, 0.2) is 0 Å². The van der Waals surface area contributed by atoms with Gasteiger partial charge >= 0.3 is 6.09 Å². The van der Waals surface area contributed by atoms with E-state index in [1.807, 2.05) is 0 Å². The van der Waals surface area contributed by atoms with E-state index in [2.05, 4.69) is 46.7 Å². The Hall–Kier alpha value is -2.65. The SMILES string of the molecule is CCN1CCN(c2c(C)cccc2CN2CC3CN(C(=O)ON4C(=O)CCC4=O)CC3C2)CC1. The number of imide groups is 1. The molecule has 9 heteroatoms. The van der Waals surface area contributed by atoms with Crippen LogP contribution in [0.1, 0.15) is 30.9 Å². The van der Waals surface area contributed by atoms with Crippen LogP contribution in [0.25, 0.3) is 0 Å². The molecule has 0 N–H and O–H groups in total. The summed E-state index contributed by atoms with van der Waals surface area (Å²) in [6.07, 6.45) is -0.361. The van der Waals surface area contributed by atoms with Gasteiger partial charge in [-0.2, -0.15) is 0 Å². The van der Waals surface area contributed by atoms with Crippen LogP contribution in [0.5, 0.6) is 0 Å². The molecule has 1 aromatic carbocycles. The van der Waals surface area contributed by atoms with E-state index in [4.69, 9.17) is 4.84 Å². The first-order valence-electron chi connectivity index (χ1n) is 12.5. The van der Waals surface area contributed by atoms with Gasteiger partial charge in [-0.3, -0.25) is 14.5 Å². The molecule has 0 aliphatic carbocycles. The number of likely N-dealkylation sites (N-methyl/N-ethyl adjacent to an activating group) is 1. The highest BCUT2D eigenvalue weighted by Gasteiger charge is 2.43. The summed E-state index contributed by atoms with van der Waals surface area (Å²) in [5.41, 5.74) is 4.11. The second kappa shape index (κ2) is 9.54. The van der Waals surface area contributed by atoms with Crippen molar-refractivity contribution < 1.29 is 19.2 Å². The highest BCUT2D eigenvalue weighted by atomic mass is 16.7. The maximum atomic E-state index is 12.5. The van der Waals surface area contributed by atoms with Crippen LogP contribution in [-0.4, -0.2) is 96.6 Å². The lowest BCUT2D eigenvalue weighted by molar-refractivity contribution is -0.173. The summed E-state index contributed by atoms with van der Waals surface area (Å²) in [5.74, 6) is -0.0965. The molecule has 4 saturated heterocycles. The average molecular weight is 470 g/mol. The average Bonchev–Trinajstić information content (AvgIpc) is 3.48. The van der Waals surface area contributed by atoms with Crippen LogP contribution in [-0.2, 0) is 21.0 Å². The van der Waals surface area contributed by atoms with Gasteiger partial charge in [0.1, 0.15) is 0 Å². The van der Waals surface area contributed by atoms with Gasteiger partial charge in [0, 0.05) is 77.4 Å². The Balaban J connectivity index is 1.18. The number of fused-ring (bicyclic) bond motifs is 1. The van der Waals surface area contributed by atoms with Crippen molar-refractivity contribution in [3.63, 3.8) is 0 Å². The largest absolute Gasteiger partial charge is 0.434 e. The first-order valence-corrected chi connectivity index (χ1v) is 12.5. The molecule has 0 saturated carbocycles. The zero-order valence-corrected chi connectivity index (χ0v) is 20.2. The van der Waals surface area contributed by atoms with Crippen LogP contribution in [0.3, 0.4) is 0 Å². The number of carbonyl (C=O) groups is 3. The zero-order chi connectivity index (χ0) is 23.8. The number of piperazine rings is 1. The number of likely N-dealkylation sites (tertiary alicyclic amines) is 2. The molecule has 4 aliphatic heterocycles. The van der Waals surface area contributed by atoms with Crippen molar-refractivity contribution >= 4 is 23.6 Å². The van der Waals surface area contributed by atoms with E-state index in [9.17, 15) is 14.4 Å². The van der Waals surface area contributed by atoms with Crippen molar-refractivity contribution in [3.8, 4) is 0 Å². The molecular formula is C25H35N5O4. The predicted octanol–water partition coefficient (Wildman–Crippen LogP) is 1.70. The van der Waals surface area contributed by atoms with E-state index in [1.165, 1.54) is 16.8 Å². The molecule has 184 valence electrons. The smallest absolute Gasteiger partial charge is 0.368 e. The van der Waals surface area contributed by atoms with Gasteiger partial charge in [-0.05, 0) is 36.4 Å². The third-order valence-electron chi connectivity index (χ3n) is 7.85. The lowest BCUT2D eigenvalue weighted by Gasteiger charge is -2.37. The van der Waals surface area contributed by atoms with Gasteiger partial charge in [0.05, 0.1) is 0 Å². The van der Waals surface area contributed by atoms with Crippen molar-refractivity contribution in [2.75, 3.05) is 63.8 Å². The van der Waals surface area contributed by atoms with Crippen LogP contribution < -0.4 is 4.90 Å². The fourth-order valence-corrected chi connectivity index (χ4v) is 5.99. The van der Waals surface area contributed by atoms with E-state index >= 15 is 0 Å². The van der Waals surface area contributed by atoms with Crippen molar-refractivity contribution in [1.29, 1.82) is 0 Å². The van der Waals surface area contributed by atoms with E-state index in [-0.39, 0.29) is 12.8 Å². The summed E-state index contributed by atoms with van der Waals surface area (Å²) < 4.78 is 0. The van der Waals surface area contributed by atoms with Crippen molar-refractivity contribution in [2.45, 2.75) is 33.2 Å². The van der Waals surface area contributed by atoms with Gasteiger partial charge in [-0.25, -0.2) is 4.79 Å². The van der Waals surface area contributed by atoms with Crippen LogP contribution in [0.4, 0.5) is 10.5 Å². The van der Waals surface area contributed by atoms with Crippen molar-refractivity contribution in [3.05, 3.63) is 29.3 Å². The Kier molecular flexibility index (Phi) is 6.48. The highest BCUT2D eigenvalue weighted by molar-refractivity contribution is 6.01. The quantitative estimate of drug-likeness (QED) is 0.608. The third kappa shape index (κ3) is 4.51. The molecule has 3 amide bonds. The molecule has 0 spiro atoms. The fourth-order valence-electron chi connectivity index (χ4n) is 5.99. The minimum atomic E-state index is -0.586. The molecule has 4 fully saturated rings. The molecule has 0 radical (unpaired) electrons. The Morgan fingerprint density at radius 3 is 2.21 bits per heavy atom. The summed E-state index contributed by atoms with van der Waals surface area (Å²) in [7, 11) is 0. The van der Waals surface area contributed by atoms with Crippen molar-refractivity contribution in [1.82, 2.24) is 19.8 Å². The van der Waals surface area contributed by atoms with Gasteiger partial charge in [-0.15, -0.1) is 5.06 Å². The first-order chi connectivity index (χ1) is 16.4. The topological polar surface area (TPSA) is 76.6 Å². The molecule has 0 bridgehead atoms. The number of aryl methyl sites for hydroxylation is 1. The number of rotatable bonds is 5. The molecule has 4 heterocycles. The third-order valence-corrected chi connectivity index (χ3v) is 7.85. The van der Waals surface area contributed by atoms with E-state index in [1.54, 1.807) is 4.90 Å². The molecule has 34 heavy (non-hydrogen) atoms. The number of amides is 3. The summed E-state index contributed by atoms with van der Waals surface area (Å²) in [6, 6.07) is 6.63. The van der Waals surface area contributed by atoms with Crippen LogP contribution >= 0.6 is 0 Å². The van der Waals surface area contributed by atoms with E-state index in [0.717, 1.165) is 52.4 Å². The standard InChI is InChI=1S/C25H35N5O4/c1-3-26-9-11-28(12-10-26)24-18(2)5-4-6-19(24)13-27-14-20-16-29(17-21(20)15-27)25(33)34-30-22(31)7-8-23(30)32/h4-6,20-21H,3,7-17H2,1-2H3. The number of nitrogens with zero attached hydrogens (tertiary/aromatic N) is 5. The first kappa shape index (κ1) is 23.1. The number of hydrogen-bond donors (Lipinski definition) is 0. The number of benzene rings is 1. The van der Waals surface area contributed by atoms with Crippen LogP contribution in [0.2, 0.25) is 0 Å². The van der Waals surface area contributed by atoms with Gasteiger partial charge in [0.25, 0.3) is 11.8 Å². The summed E-state index contributed by atoms with van der Waals surface area (Å²) in [4.78, 5) is 50.3. The lowest BCUT2D eigenvalue weighted by Crippen LogP contribution is -2.46. The molecule has 2 unspecified atom stereocenters. The van der Waals surface area contributed by atoms with Gasteiger partial charge < -0.3 is 19.5 Å². The molecule has 4 aliphatic rings. The second-order valence-corrected chi connectivity index (χ2v) is 10.1. The van der Waals surface area contributed by atoms with Gasteiger partial charge in [0.2, 0.25) is 0 Å². The molecule has 5 rings (SSSR count). The summed E-state index contributed by atoms with van der Waals surface area (Å²) in [5, 5.41) is 0.641. The maximum Gasteiger partial charge on any atom is 0.434 e. The molecule has 9 nitrogen and oxygen atoms in total. The monoisotopic (exact) mass is 469 g/mol. The zero-order valence-electron chi connectivity index (χ0n) is 20.2. The lowest BCUT2D eigenvalue weighted by atomic mass is 10.0. The number of hydrogen-bond acceptors (Lipinski definition) is 7. The van der Waals surface area contributed by atoms with E-state index < -0.39 is 17.9 Å².